The fraction of sp³-hybridized carbons (Fsp3) is 0.567. The Morgan fingerprint density at radius 3 is 2.34 bits per heavy atom. The summed E-state index contributed by atoms with van der Waals surface area (Å²) in [6.45, 7) is 7.75. The second kappa shape index (κ2) is 10.5. The number of amides is 1. The quantitative estimate of drug-likeness (QED) is 0.305. The molecule has 0 aliphatic heterocycles. The van der Waals surface area contributed by atoms with Gasteiger partial charge in [0, 0.05) is 29.2 Å². The third-order valence-electron chi connectivity index (χ3n) is 8.64. The van der Waals surface area contributed by atoms with E-state index in [9.17, 15) is 34.8 Å². The summed E-state index contributed by atoms with van der Waals surface area (Å²) in [7, 11) is 6.65. The number of methoxy groups -OCH3 is 1. The Morgan fingerprint density at radius 1 is 1.17 bits per heavy atom. The molecule has 6 N–H and O–H groups in total. The number of primary amides is 1. The highest BCUT2D eigenvalue weighted by Crippen LogP contribution is 2.53. The average Bonchev–Trinajstić information content (AvgIpc) is 2.84. The third-order valence-corrected chi connectivity index (χ3v) is 8.64. The lowest BCUT2D eigenvalue weighted by molar-refractivity contribution is -0.148. The zero-order valence-corrected chi connectivity index (χ0v) is 24.7. The molecule has 3 aliphatic rings. The van der Waals surface area contributed by atoms with E-state index >= 15 is 0 Å². The lowest BCUT2D eigenvalue weighted by atomic mass is 9.58. The van der Waals surface area contributed by atoms with Crippen molar-refractivity contribution in [2.45, 2.75) is 58.2 Å². The second-order valence-electron chi connectivity index (χ2n) is 13.0. The molecule has 0 bridgehead atoms. The maximum Gasteiger partial charge on any atom is 0.255 e. The lowest BCUT2D eigenvalue weighted by Gasteiger charge is -2.50. The molecule has 0 saturated heterocycles. The number of rotatable bonds is 7. The van der Waals surface area contributed by atoms with E-state index in [0.717, 1.165) is 13.0 Å². The number of aromatic hydroxyl groups is 1. The number of benzene rings is 1. The molecule has 11 heteroatoms. The van der Waals surface area contributed by atoms with Crippen LogP contribution in [0.5, 0.6) is 11.5 Å². The standard InChI is InChI=1S/C30H41N3O8/c1-29(2,3)8-9-33(6)13-15-12-18(34)20-16(25(15)41-7)10-14-11-17-22(32(4)5)24(36)21(28(31)39)27(38)30(17,40)26(37)19(14)23(20)35/h12,14,17,22,34,36-37,40H,8-11,13H2,1-7H3,(H2,31,39)/t14-,17-,22-,30-/m0/s1. The lowest BCUT2D eigenvalue weighted by Crippen LogP contribution is -2.63. The smallest absolute Gasteiger partial charge is 0.255 e. The van der Waals surface area contributed by atoms with Crippen molar-refractivity contribution in [2.24, 2.45) is 23.0 Å². The van der Waals surface area contributed by atoms with Gasteiger partial charge in [-0.3, -0.25) is 19.3 Å². The number of ketones is 2. The predicted molar refractivity (Wildman–Crippen MR) is 151 cm³/mol. The minimum Gasteiger partial charge on any atom is -0.510 e. The van der Waals surface area contributed by atoms with Gasteiger partial charge in [0.2, 0.25) is 5.78 Å². The summed E-state index contributed by atoms with van der Waals surface area (Å²) in [5.41, 5.74) is 2.93. The summed E-state index contributed by atoms with van der Waals surface area (Å²) >= 11 is 0. The van der Waals surface area contributed by atoms with E-state index in [4.69, 9.17) is 10.5 Å². The van der Waals surface area contributed by atoms with Gasteiger partial charge < -0.3 is 35.8 Å². The van der Waals surface area contributed by atoms with E-state index in [-0.39, 0.29) is 35.1 Å². The number of ether oxygens (including phenoxy) is 1. The molecule has 0 radical (unpaired) electrons. The van der Waals surface area contributed by atoms with Gasteiger partial charge in [0.25, 0.3) is 5.91 Å². The fourth-order valence-electron chi connectivity index (χ4n) is 6.63. The van der Waals surface area contributed by atoms with Crippen molar-refractivity contribution >= 4 is 17.5 Å². The molecule has 4 rings (SSSR count). The van der Waals surface area contributed by atoms with Crippen LogP contribution in [0.2, 0.25) is 0 Å². The Morgan fingerprint density at radius 2 is 1.80 bits per heavy atom. The molecule has 1 amide bonds. The van der Waals surface area contributed by atoms with Gasteiger partial charge in [-0.05, 0) is 64.3 Å². The van der Waals surface area contributed by atoms with Crippen molar-refractivity contribution in [3.63, 3.8) is 0 Å². The highest BCUT2D eigenvalue weighted by Gasteiger charge is 2.63. The monoisotopic (exact) mass is 571 g/mol. The van der Waals surface area contributed by atoms with Crippen LogP contribution in [0.3, 0.4) is 0 Å². The van der Waals surface area contributed by atoms with Crippen molar-refractivity contribution < 1.29 is 39.5 Å². The van der Waals surface area contributed by atoms with Gasteiger partial charge in [0.15, 0.2) is 11.4 Å². The average molecular weight is 572 g/mol. The third kappa shape index (κ3) is 4.89. The maximum absolute atomic E-state index is 13.9. The van der Waals surface area contributed by atoms with Crippen LogP contribution >= 0.6 is 0 Å². The van der Waals surface area contributed by atoms with Crippen LogP contribution in [-0.2, 0) is 22.6 Å². The van der Waals surface area contributed by atoms with Crippen molar-refractivity contribution in [2.75, 3.05) is 34.8 Å². The molecule has 0 aromatic heterocycles. The Hall–Kier alpha value is -3.41. The zero-order valence-electron chi connectivity index (χ0n) is 24.7. The molecular weight excluding hydrogens is 530 g/mol. The summed E-state index contributed by atoms with van der Waals surface area (Å²) in [6.07, 6.45) is 1.14. The van der Waals surface area contributed by atoms with E-state index in [1.54, 1.807) is 14.1 Å². The SMILES string of the molecule is COc1c(CN(C)CCC(C)(C)C)cc(O)c2c1C[C@H]1C[C@H]3[C@H](N(C)C)C(O)=C(C(N)=O)C(=O)[C@@]3(O)C(O)=C1C2=O. The molecule has 224 valence electrons. The summed E-state index contributed by atoms with van der Waals surface area (Å²) in [4.78, 5) is 43.0. The number of phenolic OH excluding ortho intramolecular Hbond substituents is 1. The molecular formula is C30H41N3O8. The highest BCUT2D eigenvalue weighted by molar-refractivity contribution is 6.24. The molecule has 11 nitrogen and oxygen atoms in total. The second-order valence-corrected chi connectivity index (χ2v) is 13.0. The molecule has 1 aromatic rings. The van der Waals surface area contributed by atoms with Crippen molar-refractivity contribution in [1.29, 1.82) is 0 Å². The number of fused-ring (bicyclic) bond motifs is 3. The number of nitrogens with zero attached hydrogens (tertiary/aromatic N) is 2. The molecule has 0 spiro atoms. The van der Waals surface area contributed by atoms with Crippen LogP contribution in [-0.4, -0.2) is 94.1 Å². The molecule has 0 unspecified atom stereocenters. The number of carbonyl (C=O) groups is 3. The van der Waals surface area contributed by atoms with Crippen molar-refractivity contribution in [3.05, 3.63) is 45.4 Å². The number of nitrogens with two attached hydrogens (primary N) is 1. The van der Waals surface area contributed by atoms with Crippen LogP contribution in [0.25, 0.3) is 0 Å². The van der Waals surface area contributed by atoms with Gasteiger partial charge in [-0.25, -0.2) is 0 Å². The molecule has 3 aliphatic carbocycles. The number of aliphatic hydroxyl groups excluding tert-OH is 2. The number of aliphatic hydroxyl groups is 3. The summed E-state index contributed by atoms with van der Waals surface area (Å²) in [5, 5.41) is 45.1. The van der Waals surface area contributed by atoms with Gasteiger partial charge in [0.1, 0.15) is 28.6 Å². The Balaban J connectivity index is 1.83. The van der Waals surface area contributed by atoms with Gasteiger partial charge in [-0.2, -0.15) is 0 Å². The molecule has 0 fully saturated rings. The number of allylic oxidation sites excluding steroid dienone is 1. The molecule has 0 heterocycles. The van der Waals surface area contributed by atoms with Crippen LogP contribution in [0.4, 0.5) is 0 Å². The van der Waals surface area contributed by atoms with Gasteiger partial charge in [-0.15, -0.1) is 0 Å². The summed E-state index contributed by atoms with van der Waals surface area (Å²) in [5.74, 6) is -6.33. The summed E-state index contributed by atoms with van der Waals surface area (Å²) in [6, 6.07) is 0.430. The molecule has 0 saturated carbocycles. The van der Waals surface area contributed by atoms with E-state index in [1.807, 2.05) is 7.05 Å². The molecule has 4 atom stereocenters. The van der Waals surface area contributed by atoms with Crippen molar-refractivity contribution in [3.8, 4) is 11.5 Å². The number of carbonyl (C=O) groups excluding carboxylic acids is 3. The largest absolute Gasteiger partial charge is 0.510 e. The van der Waals surface area contributed by atoms with Crippen LogP contribution < -0.4 is 10.5 Å². The number of phenols is 1. The zero-order chi connectivity index (χ0) is 30.8. The predicted octanol–water partition coefficient (Wildman–Crippen LogP) is 2.00. The molecule has 1 aromatic carbocycles. The minimum absolute atomic E-state index is 0.0192. The van der Waals surface area contributed by atoms with Gasteiger partial charge in [0.05, 0.1) is 18.7 Å². The van der Waals surface area contributed by atoms with E-state index in [0.29, 0.717) is 23.4 Å². The van der Waals surface area contributed by atoms with E-state index in [2.05, 4.69) is 25.7 Å². The first-order chi connectivity index (χ1) is 18.9. The van der Waals surface area contributed by atoms with Gasteiger partial charge in [-0.1, -0.05) is 20.8 Å². The van der Waals surface area contributed by atoms with E-state index in [1.165, 1.54) is 18.1 Å². The topological polar surface area (TPSA) is 174 Å². The summed E-state index contributed by atoms with van der Waals surface area (Å²) < 4.78 is 5.78. The first kappa shape index (κ1) is 30.5. The first-order valence-electron chi connectivity index (χ1n) is 13.7. The number of hydrogen-bond donors (Lipinski definition) is 5. The Bertz CT molecular complexity index is 1370. The van der Waals surface area contributed by atoms with Crippen LogP contribution in [0.1, 0.15) is 55.1 Å². The van der Waals surface area contributed by atoms with Gasteiger partial charge >= 0.3 is 0 Å². The maximum atomic E-state index is 13.9. The minimum atomic E-state index is -2.67. The van der Waals surface area contributed by atoms with Crippen LogP contribution in [0.15, 0.2) is 28.7 Å². The van der Waals surface area contributed by atoms with E-state index < -0.39 is 58.0 Å². The van der Waals surface area contributed by atoms with Crippen molar-refractivity contribution in [1.82, 2.24) is 9.80 Å². The highest BCUT2D eigenvalue weighted by atomic mass is 16.5. The number of likely N-dealkylation sites (N-methyl/N-ethyl adjacent to an activating group) is 1. The van der Waals surface area contributed by atoms with Crippen LogP contribution in [0, 0.1) is 17.3 Å². The Labute approximate surface area is 239 Å². The first-order valence-corrected chi connectivity index (χ1v) is 13.7. The normalized spacial score (nSPS) is 26.3. The fourth-order valence-corrected chi connectivity index (χ4v) is 6.63. The number of Topliss-reactive ketones (excluding diaryl/α,β-unsaturated/α-hetero) is 2. The number of hydrogen-bond acceptors (Lipinski definition) is 10. The Kier molecular flexibility index (Phi) is 7.79. The molecule has 41 heavy (non-hydrogen) atoms.